The molecule has 1 fully saturated rings. The second-order valence-corrected chi connectivity index (χ2v) is 8.18. The molecule has 1 unspecified atom stereocenters. The van der Waals surface area contributed by atoms with Gasteiger partial charge in [0.05, 0.1) is 25.4 Å². The number of aryl methyl sites for hydroxylation is 3. The summed E-state index contributed by atoms with van der Waals surface area (Å²) in [7, 11) is 3.83. The number of fused-ring (bicyclic) bond motifs is 1. The van der Waals surface area contributed by atoms with Gasteiger partial charge in [-0.1, -0.05) is 18.2 Å². The lowest BCUT2D eigenvalue weighted by molar-refractivity contribution is -0.139. The van der Waals surface area contributed by atoms with Gasteiger partial charge in [-0.3, -0.25) is 9.48 Å². The summed E-state index contributed by atoms with van der Waals surface area (Å²) >= 11 is 0. The Morgan fingerprint density at radius 3 is 2.66 bits per heavy atom. The summed E-state index contributed by atoms with van der Waals surface area (Å²) in [5, 5.41) is 5.50. The molecule has 4 rings (SSSR count). The molecule has 0 aliphatic carbocycles. The van der Waals surface area contributed by atoms with E-state index in [1.54, 1.807) is 11.7 Å². The molecule has 0 N–H and O–H groups in total. The highest BCUT2D eigenvalue weighted by atomic mass is 16.7. The summed E-state index contributed by atoms with van der Waals surface area (Å²) in [6.45, 7) is 7.08. The Balaban J connectivity index is 1.64. The second-order valence-electron chi connectivity index (χ2n) is 8.18. The van der Waals surface area contributed by atoms with Crippen LogP contribution in [0.1, 0.15) is 35.7 Å². The third-order valence-corrected chi connectivity index (χ3v) is 5.40. The van der Waals surface area contributed by atoms with E-state index in [1.807, 2.05) is 50.9 Å². The standard InChI is InChI=1S/C22H28N4O3/c1-15-10-20(25(5)23-15)21(27)26(13-18-14-28-22(2,3)29-18)12-17-11-16-8-6-7-9-19(16)24(17)4/h6-11,18H,12-14H2,1-5H3. The molecule has 0 spiro atoms. The van der Waals surface area contributed by atoms with Crippen LogP contribution in [0.2, 0.25) is 0 Å². The van der Waals surface area contributed by atoms with E-state index in [2.05, 4.69) is 27.9 Å². The molecule has 29 heavy (non-hydrogen) atoms. The summed E-state index contributed by atoms with van der Waals surface area (Å²) in [4.78, 5) is 15.3. The number of para-hydroxylation sites is 1. The largest absolute Gasteiger partial charge is 0.348 e. The SMILES string of the molecule is Cc1cc(C(=O)N(Cc2cc3ccccc3n2C)CC2COC(C)(C)O2)n(C)n1. The van der Waals surface area contributed by atoms with Gasteiger partial charge in [0.1, 0.15) is 11.8 Å². The number of nitrogens with zero attached hydrogens (tertiary/aromatic N) is 4. The van der Waals surface area contributed by atoms with Crippen molar-refractivity contribution in [2.45, 2.75) is 39.2 Å². The van der Waals surface area contributed by atoms with Crippen molar-refractivity contribution in [1.82, 2.24) is 19.2 Å². The molecule has 3 aromatic rings. The van der Waals surface area contributed by atoms with Crippen molar-refractivity contribution in [2.75, 3.05) is 13.2 Å². The lowest BCUT2D eigenvalue weighted by atomic mass is 10.2. The molecule has 1 aliphatic heterocycles. The van der Waals surface area contributed by atoms with Gasteiger partial charge in [0.15, 0.2) is 5.79 Å². The highest BCUT2D eigenvalue weighted by Gasteiger charge is 2.35. The first-order chi connectivity index (χ1) is 13.7. The van der Waals surface area contributed by atoms with Gasteiger partial charge in [-0.05, 0) is 44.4 Å². The van der Waals surface area contributed by atoms with Crippen molar-refractivity contribution in [3.05, 3.63) is 53.5 Å². The summed E-state index contributed by atoms with van der Waals surface area (Å²) in [5.74, 6) is -0.686. The van der Waals surface area contributed by atoms with E-state index in [1.165, 1.54) is 0 Å². The maximum atomic E-state index is 13.4. The number of rotatable bonds is 5. The maximum Gasteiger partial charge on any atom is 0.272 e. The van der Waals surface area contributed by atoms with Gasteiger partial charge < -0.3 is 18.9 Å². The van der Waals surface area contributed by atoms with E-state index in [4.69, 9.17) is 9.47 Å². The van der Waals surface area contributed by atoms with Crippen molar-refractivity contribution >= 4 is 16.8 Å². The molecule has 1 aliphatic rings. The number of benzene rings is 1. The molecule has 0 radical (unpaired) electrons. The first-order valence-electron chi connectivity index (χ1n) is 9.88. The van der Waals surface area contributed by atoms with E-state index in [0.29, 0.717) is 25.4 Å². The Morgan fingerprint density at radius 2 is 2.03 bits per heavy atom. The van der Waals surface area contributed by atoms with Gasteiger partial charge in [-0.25, -0.2) is 0 Å². The average molecular weight is 396 g/mol. The van der Waals surface area contributed by atoms with Gasteiger partial charge in [0.25, 0.3) is 5.91 Å². The topological polar surface area (TPSA) is 61.5 Å². The predicted molar refractivity (Wildman–Crippen MR) is 111 cm³/mol. The molecule has 0 saturated carbocycles. The van der Waals surface area contributed by atoms with Crippen molar-refractivity contribution < 1.29 is 14.3 Å². The molecule has 7 heteroatoms. The molecule has 1 amide bonds. The average Bonchev–Trinajstić information content (AvgIpc) is 3.29. The Hall–Kier alpha value is -2.64. The first-order valence-corrected chi connectivity index (χ1v) is 9.88. The van der Waals surface area contributed by atoms with Gasteiger partial charge in [0.2, 0.25) is 0 Å². The minimum Gasteiger partial charge on any atom is -0.348 e. The molecule has 154 valence electrons. The Labute approximate surface area is 170 Å². The molecule has 2 aromatic heterocycles. The molecular weight excluding hydrogens is 368 g/mol. The number of carbonyl (C=O) groups is 1. The molecule has 7 nitrogen and oxygen atoms in total. The number of hydrogen-bond acceptors (Lipinski definition) is 4. The van der Waals surface area contributed by atoms with Crippen LogP contribution in [0.3, 0.4) is 0 Å². The second kappa shape index (κ2) is 7.31. The number of amides is 1. The van der Waals surface area contributed by atoms with Gasteiger partial charge in [-0.15, -0.1) is 0 Å². The van der Waals surface area contributed by atoms with Crippen LogP contribution >= 0.6 is 0 Å². The Morgan fingerprint density at radius 1 is 1.28 bits per heavy atom. The van der Waals surface area contributed by atoms with Crippen LogP contribution < -0.4 is 0 Å². The zero-order valence-electron chi connectivity index (χ0n) is 17.7. The molecule has 1 saturated heterocycles. The molecule has 1 atom stereocenters. The fraction of sp³-hybridized carbons (Fsp3) is 0.455. The Bertz CT molecular complexity index is 1050. The van der Waals surface area contributed by atoms with E-state index in [9.17, 15) is 4.79 Å². The van der Waals surface area contributed by atoms with Crippen molar-refractivity contribution in [1.29, 1.82) is 0 Å². The van der Waals surface area contributed by atoms with Crippen LogP contribution in [0.4, 0.5) is 0 Å². The van der Waals surface area contributed by atoms with Crippen LogP contribution in [0, 0.1) is 6.92 Å². The minimum absolute atomic E-state index is 0.0633. The highest BCUT2D eigenvalue weighted by molar-refractivity contribution is 5.93. The summed E-state index contributed by atoms with van der Waals surface area (Å²) in [6.07, 6.45) is -0.169. The van der Waals surface area contributed by atoms with Crippen LogP contribution in [-0.4, -0.2) is 50.2 Å². The molecular formula is C22H28N4O3. The number of carbonyl (C=O) groups excluding carboxylic acids is 1. The van der Waals surface area contributed by atoms with E-state index in [-0.39, 0.29) is 12.0 Å². The summed E-state index contributed by atoms with van der Waals surface area (Å²) < 4.78 is 15.5. The minimum atomic E-state index is -0.623. The number of hydrogen-bond donors (Lipinski definition) is 0. The predicted octanol–water partition coefficient (Wildman–Crippen LogP) is 3.01. The van der Waals surface area contributed by atoms with Crippen LogP contribution in [0.15, 0.2) is 36.4 Å². The smallest absolute Gasteiger partial charge is 0.272 e. The molecule has 1 aromatic carbocycles. The zero-order chi connectivity index (χ0) is 20.8. The maximum absolute atomic E-state index is 13.4. The number of ether oxygens (including phenoxy) is 2. The first kappa shape index (κ1) is 19.7. The normalized spacial score (nSPS) is 18.4. The van der Waals surface area contributed by atoms with Crippen LogP contribution in [0.25, 0.3) is 10.9 Å². The lowest BCUT2D eigenvalue weighted by Crippen LogP contribution is -2.39. The van der Waals surface area contributed by atoms with E-state index < -0.39 is 5.79 Å². The van der Waals surface area contributed by atoms with E-state index in [0.717, 1.165) is 22.3 Å². The van der Waals surface area contributed by atoms with Crippen LogP contribution in [-0.2, 0) is 30.1 Å². The van der Waals surface area contributed by atoms with Crippen LogP contribution in [0.5, 0.6) is 0 Å². The summed E-state index contributed by atoms with van der Waals surface area (Å²) in [6, 6.07) is 12.2. The molecule has 0 bridgehead atoms. The van der Waals surface area contributed by atoms with Gasteiger partial charge >= 0.3 is 0 Å². The van der Waals surface area contributed by atoms with Crippen molar-refractivity contribution in [2.24, 2.45) is 14.1 Å². The lowest BCUT2D eigenvalue weighted by Gasteiger charge is -2.26. The van der Waals surface area contributed by atoms with E-state index >= 15 is 0 Å². The Kier molecular flexibility index (Phi) is 4.96. The van der Waals surface area contributed by atoms with Crippen molar-refractivity contribution in [3.63, 3.8) is 0 Å². The monoisotopic (exact) mass is 396 g/mol. The number of aromatic nitrogens is 3. The van der Waals surface area contributed by atoms with Crippen molar-refractivity contribution in [3.8, 4) is 0 Å². The zero-order valence-corrected chi connectivity index (χ0v) is 17.7. The van der Waals surface area contributed by atoms with Gasteiger partial charge in [-0.2, -0.15) is 5.10 Å². The quantitative estimate of drug-likeness (QED) is 0.665. The molecule has 3 heterocycles. The fourth-order valence-electron chi connectivity index (χ4n) is 3.98. The third kappa shape index (κ3) is 3.93. The highest BCUT2D eigenvalue weighted by Crippen LogP contribution is 2.25. The summed E-state index contributed by atoms with van der Waals surface area (Å²) in [5.41, 5.74) is 3.60. The third-order valence-electron chi connectivity index (χ3n) is 5.40. The van der Waals surface area contributed by atoms with Gasteiger partial charge in [0, 0.05) is 25.3 Å². The fourth-order valence-corrected chi connectivity index (χ4v) is 3.98.